The van der Waals surface area contributed by atoms with Gasteiger partial charge in [-0.15, -0.1) is 10.2 Å². The van der Waals surface area contributed by atoms with E-state index in [0.29, 0.717) is 32.6 Å². The zero-order valence-corrected chi connectivity index (χ0v) is 17.6. The molecule has 1 aliphatic rings. The maximum Gasteiger partial charge on any atom is 0.227 e. The molecule has 1 fully saturated rings. The zero-order valence-electron chi connectivity index (χ0n) is 17.6. The van der Waals surface area contributed by atoms with Crippen molar-refractivity contribution in [1.82, 2.24) is 15.1 Å². The number of carbonyl (C=O) groups is 1. The number of nitrogens with zero attached hydrogens (tertiary/aromatic N) is 4. The fraction of sp³-hybridized carbons (Fsp3) is 0.192. The number of halogens is 1. The number of hydrogen-bond acceptors (Lipinski definition) is 4. The van der Waals surface area contributed by atoms with Gasteiger partial charge in [-0.1, -0.05) is 48.5 Å². The first kappa shape index (κ1) is 20.1. The molecule has 0 saturated carbocycles. The van der Waals surface area contributed by atoms with Crippen LogP contribution in [0.15, 0.2) is 78.9 Å². The van der Waals surface area contributed by atoms with Crippen LogP contribution in [-0.4, -0.2) is 47.2 Å². The first-order chi connectivity index (χ1) is 15.7. The van der Waals surface area contributed by atoms with Gasteiger partial charge in [-0.3, -0.25) is 4.79 Å². The predicted molar refractivity (Wildman–Crippen MR) is 124 cm³/mol. The van der Waals surface area contributed by atoms with Gasteiger partial charge < -0.3 is 9.80 Å². The lowest BCUT2D eigenvalue weighted by Gasteiger charge is -2.35. The smallest absolute Gasteiger partial charge is 0.227 e. The van der Waals surface area contributed by atoms with Gasteiger partial charge in [-0.05, 0) is 46.7 Å². The lowest BCUT2D eigenvalue weighted by atomic mass is 10.1. The highest BCUT2D eigenvalue weighted by Crippen LogP contribution is 2.24. The van der Waals surface area contributed by atoms with E-state index in [-0.39, 0.29) is 11.7 Å². The number of benzene rings is 3. The molecule has 2 heterocycles. The lowest BCUT2D eigenvalue weighted by Crippen LogP contribution is -2.49. The van der Waals surface area contributed by atoms with Gasteiger partial charge in [0.05, 0.1) is 12.1 Å². The summed E-state index contributed by atoms with van der Waals surface area (Å²) in [4.78, 5) is 16.6. The minimum Gasteiger partial charge on any atom is -0.352 e. The molecule has 32 heavy (non-hydrogen) atoms. The number of aromatic nitrogens is 2. The van der Waals surface area contributed by atoms with Gasteiger partial charge in [0.1, 0.15) is 5.82 Å². The molecule has 6 heteroatoms. The molecule has 0 atom stereocenters. The Kier molecular flexibility index (Phi) is 5.50. The van der Waals surface area contributed by atoms with Gasteiger partial charge in [-0.2, -0.15) is 0 Å². The van der Waals surface area contributed by atoms with Crippen LogP contribution >= 0.6 is 0 Å². The molecule has 1 aromatic heterocycles. The van der Waals surface area contributed by atoms with Crippen LogP contribution in [0.3, 0.4) is 0 Å². The fourth-order valence-electron chi connectivity index (χ4n) is 4.07. The van der Waals surface area contributed by atoms with Gasteiger partial charge in [0, 0.05) is 31.7 Å². The molecule has 1 saturated heterocycles. The Balaban J connectivity index is 1.21. The summed E-state index contributed by atoms with van der Waals surface area (Å²) in [5.41, 5.74) is 2.71. The van der Waals surface area contributed by atoms with Crippen molar-refractivity contribution < 1.29 is 9.18 Å². The third-order valence-corrected chi connectivity index (χ3v) is 5.92. The molecule has 1 amide bonds. The first-order valence-electron chi connectivity index (χ1n) is 10.8. The van der Waals surface area contributed by atoms with Crippen LogP contribution < -0.4 is 4.90 Å². The van der Waals surface area contributed by atoms with Crippen LogP contribution in [0.1, 0.15) is 5.56 Å². The van der Waals surface area contributed by atoms with Gasteiger partial charge >= 0.3 is 0 Å². The SMILES string of the molecule is O=C(Cc1ccc(F)cc1)N1CCN(c2ccc(-c3ccc4ccccc4c3)nn2)CC1. The number of anilines is 1. The summed E-state index contributed by atoms with van der Waals surface area (Å²) >= 11 is 0. The number of piperazine rings is 1. The van der Waals surface area contributed by atoms with Crippen molar-refractivity contribution >= 4 is 22.5 Å². The van der Waals surface area contributed by atoms with Gasteiger partial charge in [0.2, 0.25) is 5.91 Å². The Bertz CT molecular complexity index is 1230. The van der Waals surface area contributed by atoms with E-state index in [1.54, 1.807) is 12.1 Å². The zero-order chi connectivity index (χ0) is 21.9. The Morgan fingerprint density at radius 1 is 0.812 bits per heavy atom. The highest BCUT2D eigenvalue weighted by atomic mass is 19.1. The molecule has 0 bridgehead atoms. The van der Waals surface area contributed by atoms with E-state index in [2.05, 4.69) is 45.4 Å². The number of rotatable bonds is 4. The summed E-state index contributed by atoms with van der Waals surface area (Å²) in [5, 5.41) is 11.3. The normalized spacial score (nSPS) is 14.0. The summed E-state index contributed by atoms with van der Waals surface area (Å²) in [6.07, 6.45) is 0.292. The summed E-state index contributed by atoms with van der Waals surface area (Å²) in [7, 11) is 0. The topological polar surface area (TPSA) is 49.3 Å². The van der Waals surface area contributed by atoms with Crippen LogP contribution in [0.5, 0.6) is 0 Å². The van der Waals surface area contributed by atoms with E-state index < -0.39 is 0 Å². The predicted octanol–water partition coefficient (Wildman–Crippen LogP) is 4.33. The maximum atomic E-state index is 13.1. The lowest BCUT2D eigenvalue weighted by molar-refractivity contribution is -0.130. The summed E-state index contributed by atoms with van der Waals surface area (Å²) < 4.78 is 13.1. The van der Waals surface area contributed by atoms with Crippen molar-refractivity contribution in [2.24, 2.45) is 0 Å². The van der Waals surface area contributed by atoms with E-state index in [4.69, 9.17) is 0 Å². The molecule has 0 spiro atoms. The van der Waals surface area contributed by atoms with E-state index >= 15 is 0 Å². The Morgan fingerprint density at radius 2 is 1.56 bits per heavy atom. The Hall–Kier alpha value is -3.80. The van der Waals surface area contributed by atoms with Crippen LogP contribution in [0.4, 0.5) is 10.2 Å². The van der Waals surface area contributed by atoms with Gasteiger partial charge in [-0.25, -0.2) is 4.39 Å². The largest absolute Gasteiger partial charge is 0.352 e. The maximum absolute atomic E-state index is 13.1. The standard InChI is InChI=1S/C26H23FN4O/c27-23-9-5-19(6-10-23)17-26(32)31-15-13-30(14-16-31)25-12-11-24(28-29-25)22-8-7-20-3-1-2-4-21(20)18-22/h1-12,18H,13-17H2. The van der Waals surface area contributed by atoms with Gasteiger partial charge in [0.25, 0.3) is 0 Å². The second-order valence-electron chi connectivity index (χ2n) is 8.01. The van der Waals surface area contributed by atoms with E-state index in [0.717, 1.165) is 22.6 Å². The Morgan fingerprint density at radius 3 is 2.28 bits per heavy atom. The van der Waals surface area contributed by atoms with Crippen molar-refractivity contribution in [3.8, 4) is 11.3 Å². The van der Waals surface area contributed by atoms with Crippen LogP contribution in [0.2, 0.25) is 0 Å². The molecule has 0 aliphatic carbocycles. The average Bonchev–Trinajstić information content (AvgIpc) is 2.85. The highest BCUT2D eigenvalue weighted by molar-refractivity contribution is 5.86. The van der Waals surface area contributed by atoms with Crippen LogP contribution in [0, 0.1) is 5.82 Å². The second kappa shape index (κ2) is 8.75. The average molecular weight is 426 g/mol. The second-order valence-corrected chi connectivity index (χ2v) is 8.01. The van der Waals surface area contributed by atoms with Gasteiger partial charge in [0.15, 0.2) is 5.82 Å². The quantitative estimate of drug-likeness (QED) is 0.488. The summed E-state index contributed by atoms with van der Waals surface area (Å²) in [5.74, 6) is 0.594. The van der Waals surface area contributed by atoms with Crippen molar-refractivity contribution in [1.29, 1.82) is 0 Å². The molecule has 0 N–H and O–H groups in total. The molecule has 0 radical (unpaired) electrons. The van der Waals surface area contributed by atoms with Crippen LogP contribution in [0.25, 0.3) is 22.0 Å². The van der Waals surface area contributed by atoms with Crippen LogP contribution in [-0.2, 0) is 11.2 Å². The molecule has 1 aliphatic heterocycles. The molecular weight excluding hydrogens is 403 g/mol. The third kappa shape index (κ3) is 4.30. The van der Waals surface area contributed by atoms with Crippen molar-refractivity contribution in [3.63, 3.8) is 0 Å². The Labute approximate surface area is 186 Å². The van der Waals surface area contributed by atoms with Crippen molar-refractivity contribution in [2.75, 3.05) is 31.1 Å². The number of hydrogen-bond donors (Lipinski definition) is 0. The molecule has 5 nitrogen and oxygen atoms in total. The molecule has 4 aromatic rings. The minimum atomic E-state index is -0.289. The monoisotopic (exact) mass is 426 g/mol. The number of carbonyl (C=O) groups excluding carboxylic acids is 1. The molecule has 0 unspecified atom stereocenters. The van der Waals surface area contributed by atoms with E-state index in [9.17, 15) is 9.18 Å². The molecule has 5 rings (SSSR count). The highest BCUT2D eigenvalue weighted by Gasteiger charge is 2.22. The molecule has 160 valence electrons. The first-order valence-corrected chi connectivity index (χ1v) is 10.8. The number of fused-ring (bicyclic) bond motifs is 1. The van der Waals surface area contributed by atoms with E-state index in [1.165, 1.54) is 22.9 Å². The molecule has 3 aromatic carbocycles. The fourth-order valence-corrected chi connectivity index (χ4v) is 4.07. The third-order valence-electron chi connectivity index (χ3n) is 5.92. The van der Waals surface area contributed by atoms with Crippen molar-refractivity contribution in [2.45, 2.75) is 6.42 Å². The van der Waals surface area contributed by atoms with E-state index in [1.807, 2.05) is 29.2 Å². The molecular formula is C26H23FN4O. The minimum absolute atomic E-state index is 0.0639. The summed E-state index contributed by atoms with van der Waals surface area (Å²) in [6, 6.07) is 24.7. The summed E-state index contributed by atoms with van der Waals surface area (Å²) in [6.45, 7) is 2.68. The number of amides is 1. The van der Waals surface area contributed by atoms with Crippen molar-refractivity contribution in [3.05, 3.63) is 90.2 Å².